The highest BCUT2D eigenvalue weighted by molar-refractivity contribution is 6.38. The van der Waals surface area contributed by atoms with Gasteiger partial charge in [-0.05, 0) is 31.0 Å². The van der Waals surface area contributed by atoms with E-state index in [1.807, 2.05) is 0 Å². The molecule has 1 fully saturated rings. The number of hydrogen-bond donors (Lipinski definition) is 1. The van der Waals surface area contributed by atoms with E-state index in [4.69, 9.17) is 23.2 Å². The second kappa shape index (κ2) is 6.67. The van der Waals surface area contributed by atoms with Gasteiger partial charge in [-0.1, -0.05) is 29.6 Å². The van der Waals surface area contributed by atoms with Gasteiger partial charge < -0.3 is 5.11 Å². The number of pyridine rings is 1. The first kappa shape index (κ1) is 17.7. The minimum absolute atomic E-state index is 0.0121. The van der Waals surface area contributed by atoms with E-state index in [-0.39, 0.29) is 21.1 Å². The maximum absolute atomic E-state index is 13.2. The molecule has 1 saturated heterocycles. The number of hydrogen-bond acceptors (Lipinski definition) is 3. The lowest BCUT2D eigenvalue weighted by molar-refractivity contribution is -0.141. The number of alkyl halides is 3. The molecular weight excluding hydrogens is 364 g/mol. The van der Waals surface area contributed by atoms with E-state index >= 15 is 0 Å². The maximum atomic E-state index is 13.2. The van der Waals surface area contributed by atoms with Gasteiger partial charge in [0.15, 0.2) is 0 Å². The van der Waals surface area contributed by atoms with Crippen LogP contribution in [0.1, 0.15) is 36.7 Å². The van der Waals surface area contributed by atoms with Crippen molar-refractivity contribution in [2.75, 3.05) is 13.1 Å². The number of rotatable bonds is 2. The molecule has 0 bridgehead atoms. The highest BCUT2D eigenvalue weighted by Crippen LogP contribution is 2.37. The van der Waals surface area contributed by atoms with Gasteiger partial charge in [-0.25, -0.2) is 4.98 Å². The minimum Gasteiger partial charge on any atom is -0.374 e. The average molecular weight is 379 g/mol. The number of aromatic nitrogens is 1. The first-order chi connectivity index (χ1) is 11.3. The number of benzene rings is 1. The van der Waals surface area contributed by atoms with E-state index in [2.05, 4.69) is 4.98 Å². The number of piperidine rings is 1. The van der Waals surface area contributed by atoms with Gasteiger partial charge in [0.25, 0.3) is 0 Å². The Labute approximate surface area is 147 Å². The van der Waals surface area contributed by atoms with Gasteiger partial charge in [0.2, 0.25) is 0 Å². The molecule has 0 radical (unpaired) electrons. The van der Waals surface area contributed by atoms with Gasteiger partial charge in [0.1, 0.15) is 11.9 Å². The molecule has 0 saturated carbocycles. The van der Waals surface area contributed by atoms with E-state index in [1.165, 1.54) is 12.1 Å². The zero-order chi connectivity index (χ0) is 17.5. The van der Waals surface area contributed by atoms with Gasteiger partial charge in [0, 0.05) is 29.1 Å². The molecule has 8 heteroatoms. The van der Waals surface area contributed by atoms with Crippen LogP contribution >= 0.6 is 23.2 Å². The Morgan fingerprint density at radius 3 is 2.38 bits per heavy atom. The lowest BCUT2D eigenvalue weighted by Gasteiger charge is -2.32. The van der Waals surface area contributed by atoms with Gasteiger partial charge in [-0.2, -0.15) is 13.2 Å². The summed E-state index contributed by atoms with van der Waals surface area (Å²) in [5, 5.41) is 11.3. The van der Waals surface area contributed by atoms with Crippen LogP contribution in [0, 0.1) is 0 Å². The molecule has 1 aliphatic rings. The SMILES string of the molecule is OC(c1cc(C(F)(F)F)nc2c(Cl)cc(Cl)cc12)N1CCCCC1. The van der Waals surface area contributed by atoms with E-state index in [1.54, 1.807) is 4.90 Å². The van der Waals surface area contributed by atoms with Crippen molar-refractivity contribution in [1.82, 2.24) is 9.88 Å². The van der Waals surface area contributed by atoms with Gasteiger partial charge in [0.05, 0.1) is 10.5 Å². The third kappa shape index (κ3) is 3.47. The summed E-state index contributed by atoms with van der Waals surface area (Å²) < 4.78 is 39.6. The van der Waals surface area contributed by atoms with E-state index < -0.39 is 18.1 Å². The first-order valence-corrected chi connectivity index (χ1v) is 8.32. The van der Waals surface area contributed by atoms with Crippen LogP contribution in [0.3, 0.4) is 0 Å². The molecular formula is C16H15Cl2F3N2O. The van der Waals surface area contributed by atoms with E-state index in [0.717, 1.165) is 25.3 Å². The monoisotopic (exact) mass is 378 g/mol. The van der Waals surface area contributed by atoms with Gasteiger partial charge in [-0.15, -0.1) is 0 Å². The summed E-state index contributed by atoms with van der Waals surface area (Å²) in [7, 11) is 0. The Morgan fingerprint density at radius 1 is 1.08 bits per heavy atom. The summed E-state index contributed by atoms with van der Waals surface area (Å²) in [5.41, 5.74) is -0.967. The van der Waals surface area contributed by atoms with Crippen molar-refractivity contribution in [2.24, 2.45) is 0 Å². The Kier molecular flexibility index (Phi) is 4.93. The Morgan fingerprint density at radius 2 is 1.75 bits per heavy atom. The van der Waals surface area contributed by atoms with Crippen molar-refractivity contribution in [2.45, 2.75) is 31.7 Å². The van der Waals surface area contributed by atoms with Crippen LogP contribution in [-0.2, 0) is 6.18 Å². The summed E-state index contributed by atoms with van der Waals surface area (Å²) in [5.74, 6) is 0. The molecule has 1 unspecified atom stereocenters. The summed E-state index contributed by atoms with van der Waals surface area (Å²) in [4.78, 5) is 5.39. The van der Waals surface area contributed by atoms with Crippen LogP contribution in [0.5, 0.6) is 0 Å². The molecule has 24 heavy (non-hydrogen) atoms. The van der Waals surface area contributed by atoms with Gasteiger partial charge in [-0.3, -0.25) is 4.90 Å². The number of fused-ring (bicyclic) bond motifs is 1. The summed E-state index contributed by atoms with van der Waals surface area (Å²) in [6.45, 7) is 1.25. The minimum atomic E-state index is -4.63. The zero-order valence-corrected chi connectivity index (χ0v) is 14.1. The Hall–Kier alpha value is -1.08. The maximum Gasteiger partial charge on any atom is 0.433 e. The average Bonchev–Trinajstić information content (AvgIpc) is 2.53. The highest BCUT2D eigenvalue weighted by Gasteiger charge is 2.35. The number of likely N-dealkylation sites (tertiary alicyclic amines) is 1. The summed E-state index contributed by atoms with van der Waals surface area (Å²) in [6, 6.07) is 3.71. The van der Waals surface area contributed by atoms with Crippen molar-refractivity contribution in [1.29, 1.82) is 0 Å². The predicted molar refractivity (Wildman–Crippen MR) is 87.1 cm³/mol. The smallest absolute Gasteiger partial charge is 0.374 e. The fourth-order valence-electron chi connectivity index (χ4n) is 3.00. The molecule has 1 N–H and O–H groups in total. The van der Waals surface area contributed by atoms with Crippen molar-refractivity contribution in [3.63, 3.8) is 0 Å². The quantitative estimate of drug-likeness (QED) is 0.795. The second-order valence-electron chi connectivity index (χ2n) is 5.85. The van der Waals surface area contributed by atoms with Crippen molar-refractivity contribution >= 4 is 34.1 Å². The van der Waals surface area contributed by atoms with E-state index in [9.17, 15) is 18.3 Å². The normalized spacial score (nSPS) is 18.1. The number of nitrogens with zero attached hydrogens (tertiary/aromatic N) is 2. The second-order valence-corrected chi connectivity index (χ2v) is 6.69. The summed E-state index contributed by atoms with van der Waals surface area (Å²) >= 11 is 12.0. The van der Waals surface area contributed by atoms with Crippen LogP contribution in [0.15, 0.2) is 18.2 Å². The Balaban J connectivity index is 2.19. The number of aliphatic hydroxyl groups excluding tert-OH is 1. The molecule has 1 aromatic carbocycles. The van der Waals surface area contributed by atoms with Gasteiger partial charge >= 0.3 is 6.18 Å². The topological polar surface area (TPSA) is 36.4 Å². The van der Waals surface area contributed by atoms with Crippen LogP contribution in [-0.4, -0.2) is 28.1 Å². The number of aliphatic hydroxyl groups is 1. The molecule has 1 atom stereocenters. The number of halogens is 5. The third-order valence-electron chi connectivity index (χ3n) is 4.17. The third-order valence-corrected chi connectivity index (χ3v) is 4.68. The van der Waals surface area contributed by atoms with Crippen LogP contribution in [0.2, 0.25) is 10.0 Å². The molecule has 0 aliphatic carbocycles. The fraction of sp³-hybridized carbons (Fsp3) is 0.438. The molecule has 130 valence electrons. The van der Waals surface area contributed by atoms with Crippen LogP contribution < -0.4 is 0 Å². The predicted octanol–water partition coefficient (Wildman–Crippen LogP) is 5.04. The van der Waals surface area contributed by atoms with Crippen LogP contribution in [0.4, 0.5) is 13.2 Å². The lowest BCUT2D eigenvalue weighted by atomic mass is 10.0. The van der Waals surface area contributed by atoms with Crippen molar-refractivity contribution in [3.8, 4) is 0 Å². The lowest BCUT2D eigenvalue weighted by Crippen LogP contribution is -2.34. The first-order valence-electron chi connectivity index (χ1n) is 7.56. The molecule has 1 aromatic heterocycles. The summed E-state index contributed by atoms with van der Waals surface area (Å²) in [6.07, 6.45) is -2.95. The Bertz CT molecular complexity index is 761. The van der Waals surface area contributed by atoms with E-state index in [0.29, 0.717) is 18.5 Å². The van der Waals surface area contributed by atoms with Crippen LogP contribution in [0.25, 0.3) is 10.9 Å². The molecule has 3 nitrogen and oxygen atoms in total. The van der Waals surface area contributed by atoms with Crippen molar-refractivity contribution < 1.29 is 18.3 Å². The molecule has 2 heterocycles. The molecule has 3 rings (SSSR count). The molecule has 0 amide bonds. The standard InChI is InChI=1S/C16H15Cl2F3N2O/c17-9-6-10-11(15(24)23-4-2-1-3-5-23)8-13(16(19,20)21)22-14(10)12(18)7-9/h6-8,15,24H,1-5H2. The highest BCUT2D eigenvalue weighted by atomic mass is 35.5. The molecule has 1 aliphatic heterocycles. The molecule has 0 spiro atoms. The fourth-order valence-corrected chi connectivity index (χ4v) is 3.53. The largest absolute Gasteiger partial charge is 0.433 e. The zero-order valence-electron chi connectivity index (χ0n) is 12.6. The van der Waals surface area contributed by atoms with Crippen molar-refractivity contribution in [3.05, 3.63) is 39.5 Å². The molecule has 2 aromatic rings.